The smallest absolute Gasteiger partial charge is 0.343 e. The molecule has 0 N–H and O–H groups in total. The summed E-state index contributed by atoms with van der Waals surface area (Å²) in [6.07, 6.45) is 2.75. The number of hydrogen-bond acceptors (Lipinski definition) is 7. The number of benzene rings is 3. The molecule has 0 spiro atoms. The van der Waals surface area contributed by atoms with Crippen LogP contribution in [0.2, 0.25) is 0 Å². The van der Waals surface area contributed by atoms with Crippen LogP contribution >= 0.6 is 11.3 Å². The molecule has 1 aromatic heterocycles. The number of nitriles is 1. The van der Waals surface area contributed by atoms with E-state index in [-0.39, 0.29) is 10.5 Å². The van der Waals surface area contributed by atoms with Crippen molar-refractivity contribution in [1.82, 2.24) is 9.29 Å². The standard InChI is InChI=1S/C30H27N3O4S2/c1-20-15-21(2)19-33(18-20)39(35,36)26-13-9-23(10-14-26)30(34)37-25-11-7-22(8-12-25)16-24(17-31)29-32-27-5-3-4-6-28(27)38-29/h3-14,16,20-21H,15,18-19H2,1-2H3. The highest BCUT2D eigenvalue weighted by atomic mass is 32.2. The molecule has 4 aromatic rings. The summed E-state index contributed by atoms with van der Waals surface area (Å²) in [6, 6.07) is 22.6. The maximum absolute atomic E-state index is 13.1. The highest BCUT2D eigenvalue weighted by Gasteiger charge is 2.31. The Morgan fingerprint density at radius 2 is 1.69 bits per heavy atom. The molecule has 3 aromatic carbocycles. The van der Waals surface area contributed by atoms with Crippen LogP contribution in [0.4, 0.5) is 0 Å². The minimum atomic E-state index is -3.63. The van der Waals surface area contributed by atoms with E-state index in [0.717, 1.165) is 22.2 Å². The fourth-order valence-corrected chi connectivity index (χ4v) is 7.42. The van der Waals surface area contributed by atoms with Crippen LogP contribution in [0.15, 0.2) is 77.7 Å². The lowest BCUT2D eigenvalue weighted by Crippen LogP contribution is -2.42. The number of fused-ring (bicyclic) bond motifs is 1. The third-order valence-electron chi connectivity index (χ3n) is 6.61. The summed E-state index contributed by atoms with van der Waals surface area (Å²) >= 11 is 1.46. The number of nitrogens with zero attached hydrogens (tertiary/aromatic N) is 3. The molecular weight excluding hydrogens is 530 g/mol. The van der Waals surface area contributed by atoms with Gasteiger partial charge in [0.15, 0.2) is 0 Å². The maximum atomic E-state index is 13.1. The van der Waals surface area contributed by atoms with E-state index < -0.39 is 16.0 Å². The summed E-state index contributed by atoms with van der Waals surface area (Å²) in [5.41, 5.74) is 2.31. The van der Waals surface area contributed by atoms with E-state index in [1.165, 1.54) is 39.9 Å². The minimum Gasteiger partial charge on any atom is -0.423 e. The molecule has 39 heavy (non-hydrogen) atoms. The SMILES string of the molecule is CC1CC(C)CN(S(=O)(=O)c2ccc(C(=O)Oc3ccc(C=C(C#N)c4nc5ccccc5s4)cc3)cc2)C1. The quantitative estimate of drug-likeness (QED) is 0.158. The first kappa shape index (κ1) is 26.8. The number of carbonyl (C=O) groups excluding carboxylic acids is 1. The van der Waals surface area contributed by atoms with Crippen molar-refractivity contribution in [2.24, 2.45) is 11.8 Å². The second-order valence-electron chi connectivity index (χ2n) is 9.91. The lowest BCUT2D eigenvalue weighted by molar-refractivity contribution is 0.0734. The van der Waals surface area contributed by atoms with Crippen molar-refractivity contribution in [3.63, 3.8) is 0 Å². The fourth-order valence-electron chi connectivity index (χ4n) is 4.81. The molecule has 1 fully saturated rings. The Morgan fingerprint density at radius 3 is 2.33 bits per heavy atom. The fraction of sp³-hybridized carbons (Fsp3) is 0.233. The molecule has 7 nitrogen and oxygen atoms in total. The monoisotopic (exact) mass is 557 g/mol. The van der Waals surface area contributed by atoms with Gasteiger partial charge in [-0.2, -0.15) is 9.57 Å². The number of hydrogen-bond donors (Lipinski definition) is 0. The van der Waals surface area contributed by atoms with Crippen molar-refractivity contribution >= 4 is 49.2 Å². The van der Waals surface area contributed by atoms with Gasteiger partial charge in [0.1, 0.15) is 16.8 Å². The maximum Gasteiger partial charge on any atom is 0.343 e. The Kier molecular flexibility index (Phi) is 7.62. The predicted molar refractivity (Wildman–Crippen MR) is 153 cm³/mol. The van der Waals surface area contributed by atoms with Crippen LogP contribution in [0, 0.1) is 23.2 Å². The molecule has 5 rings (SSSR count). The summed E-state index contributed by atoms with van der Waals surface area (Å²) in [6.45, 7) is 5.12. The first-order chi connectivity index (χ1) is 18.7. The van der Waals surface area contributed by atoms with E-state index in [1.807, 2.05) is 24.3 Å². The third-order valence-corrected chi connectivity index (χ3v) is 9.53. The summed E-state index contributed by atoms with van der Waals surface area (Å²) in [7, 11) is -3.63. The van der Waals surface area contributed by atoms with Gasteiger partial charge in [-0.15, -0.1) is 11.3 Å². The van der Waals surface area contributed by atoms with E-state index in [4.69, 9.17) is 4.74 Å². The Morgan fingerprint density at radius 1 is 1.03 bits per heavy atom. The average molecular weight is 558 g/mol. The van der Waals surface area contributed by atoms with Crippen LogP contribution in [0.3, 0.4) is 0 Å². The van der Waals surface area contributed by atoms with Crippen LogP contribution in [0.25, 0.3) is 21.9 Å². The van der Waals surface area contributed by atoms with Gasteiger partial charge in [-0.1, -0.05) is 38.1 Å². The Bertz CT molecular complexity index is 1640. The number of ether oxygens (including phenoxy) is 1. The van der Waals surface area contributed by atoms with Crippen LogP contribution in [-0.4, -0.2) is 36.8 Å². The number of esters is 1. The summed E-state index contributed by atoms with van der Waals surface area (Å²) in [4.78, 5) is 17.4. The van der Waals surface area contributed by atoms with Crippen LogP contribution < -0.4 is 4.74 Å². The largest absolute Gasteiger partial charge is 0.423 e. The van der Waals surface area contributed by atoms with Gasteiger partial charge in [0.05, 0.1) is 26.2 Å². The zero-order valence-electron chi connectivity index (χ0n) is 21.6. The predicted octanol–water partition coefficient (Wildman–Crippen LogP) is 6.25. The van der Waals surface area contributed by atoms with E-state index in [1.54, 1.807) is 30.3 Å². The number of rotatable bonds is 6. The van der Waals surface area contributed by atoms with Gasteiger partial charge in [-0.3, -0.25) is 0 Å². The number of allylic oxidation sites excluding steroid dienone is 1. The van der Waals surface area contributed by atoms with Gasteiger partial charge in [0, 0.05) is 13.1 Å². The van der Waals surface area contributed by atoms with Gasteiger partial charge < -0.3 is 4.74 Å². The van der Waals surface area contributed by atoms with E-state index in [9.17, 15) is 18.5 Å². The van der Waals surface area contributed by atoms with Gasteiger partial charge >= 0.3 is 5.97 Å². The van der Waals surface area contributed by atoms with Crippen molar-refractivity contribution in [1.29, 1.82) is 5.26 Å². The molecule has 198 valence electrons. The lowest BCUT2D eigenvalue weighted by Gasteiger charge is -2.34. The Hall–Kier alpha value is -3.84. The summed E-state index contributed by atoms with van der Waals surface area (Å²) in [5, 5.41) is 10.3. The Labute approximate surface area is 232 Å². The molecule has 2 atom stereocenters. The minimum absolute atomic E-state index is 0.165. The molecule has 2 heterocycles. The highest BCUT2D eigenvalue weighted by molar-refractivity contribution is 7.89. The summed E-state index contributed by atoms with van der Waals surface area (Å²) < 4.78 is 34.2. The highest BCUT2D eigenvalue weighted by Crippen LogP contribution is 2.29. The van der Waals surface area contributed by atoms with E-state index >= 15 is 0 Å². The molecule has 1 saturated heterocycles. The van der Waals surface area contributed by atoms with Gasteiger partial charge in [-0.05, 0) is 78.4 Å². The number of sulfonamides is 1. The number of aromatic nitrogens is 1. The van der Waals surface area contributed by atoms with Crippen LogP contribution in [-0.2, 0) is 10.0 Å². The molecule has 0 aliphatic carbocycles. The first-order valence-electron chi connectivity index (χ1n) is 12.6. The van der Waals surface area contributed by atoms with Crippen molar-refractivity contribution in [2.45, 2.75) is 25.2 Å². The average Bonchev–Trinajstić information content (AvgIpc) is 3.36. The number of thiazole rings is 1. The molecule has 0 amide bonds. The van der Waals surface area contributed by atoms with Crippen molar-refractivity contribution in [3.05, 3.63) is 88.9 Å². The molecule has 0 radical (unpaired) electrons. The summed E-state index contributed by atoms with van der Waals surface area (Å²) in [5.74, 6) is 0.357. The second-order valence-corrected chi connectivity index (χ2v) is 12.9. The molecule has 0 saturated carbocycles. The normalized spacial score (nSPS) is 18.5. The van der Waals surface area contributed by atoms with Crippen LogP contribution in [0.5, 0.6) is 5.75 Å². The van der Waals surface area contributed by atoms with Gasteiger partial charge in [0.2, 0.25) is 10.0 Å². The van der Waals surface area contributed by atoms with E-state index in [0.29, 0.717) is 41.3 Å². The molecule has 1 aliphatic heterocycles. The zero-order valence-corrected chi connectivity index (χ0v) is 23.2. The van der Waals surface area contributed by atoms with Crippen LogP contribution in [0.1, 0.15) is 41.2 Å². The lowest BCUT2D eigenvalue weighted by atomic mass is 9.94. The van der Waals surface area contributed by atoms with Gasteiger partial charge in [0.25, 0.3) is 0 Å². The molecular formula is C30H27N3O4S2. The van der Waals surface area contributed by atoms with Gasteiger partial charge in [-0.25, -0.2) is 18.2 Å². The van der Waals surface area contributed by atoms with Crippen molar-refractivity contribution in [2.75, 3.05) is 13.1 Å². The second kappa shape index (κ2) is 11.1. The van der Waals surface area contributed by atoms with Crippen molar-refractivity contribution in [3.8, 4) is 11.8 Å². The zero-order chi connectivity index (χ0) is 27.6. The van der Waals surface area contributed by atoms with E-state index in [2.05, 4.69) is 24.9 Å². The third kappa shape index (κ3) is 5.93. The molecule has 1 aliphatic rings. The molecule has 2 unspecified atom stereocenters. The Balaban J connectivity index is 1.26. The topological polar surface area (TPSA) is 100 Å². The molecule has 9 heteroatoms. The first-order valence-corrected chi connectivity index (χ1v) is 14.9. The van der Waals surface area contributed by atoms with Crippen molar-refractivity contribution < 1.29 is 17.9 Å². The molecule has 0 bridgehead atoms. The number of para-hydroxylation sites is 1. The number of carbonyl (C=O) groups is 1. The number of piperidine rings is 1.